The fraction of sp³-hybridized carbons (Fsp3) is 0.556. The van der Waals surface area contributed by atoms with Crippen molar-refractivity contribution in [2.75, 3.05) is 48.3 Å². The zero-order chi connectivity index (χ0) is 25.1. The van der Waals surface area contributed by atoms with E-state index in [-0.39, 0.29) is 11.8 Å². The van der Waals surface area contributed by atoms with E-state index in [1.54, 1.807) is 18.1 Å². The monoisotopic (exact) mass is 491 g/mol. The highest BCUT2D eigenvalue weighted by atomic mass is 16.2. The molecule has 9 heteroatoms. The third-order valence-electron chi connectivity index (χ3n) is 7.83. The molecule has 2 fully saturated rings. The minimum Gasteiger partial charge on any atom is -0.352 e. The second-order valence-electron chi connectivity index (χ2n) is 10.3. The van der Waals surface area contributed by atoms with Gasteiger partial charge in [0, 0.05) is 43.9 Å². The molecule has 5 rings (SSSR count). The predicted molar refractivity (Wildman–Crippen MR) is 142 cm³/mol. The van der Waals surface area contributed by atoms with Crippen LogP contribution in [0.3, 0.4) is 0 Å². The maximum atomic E-state index is 12.7. The molecule has 2 amide bonds. The van der Waals surface area contributed by atoms with Gasteiger partial charge in [0.2, 0.25) is 11.9 Å². The third kappa shape index (κ3) is 5.31. The van der Waals surface area contributed by atoms with E-state index in [9.17, 15) is 9.59 Å². The van der Waals surface area contributed by atoms with E-state index in [0.29, 0.717) is 36.4 Å². The van der Waals surface area contributed by atoms with Gasteiger partial charge in [0.25, 0.3) is 5.91 Å². The molecule has 0 atom stereocenters. The van der Waals surface area contributed by atoms with Crippen molar-refractivity contribution in [1.82, 2.24) is 20.6 Å². The van der Waals surface area contributed by atoms with Gasteiger partial charge in [-0.1, -0.05) is 12.8 Å². The minimum absolute atomic E-state index is 0.0376. The van der Waals surface area contributed by atoms with Gasteiger partial charge in [-0.05, 0) is 75.4 Å². The molecule has 2 aromatic rings. The number of aromatic nitrogens is 2. The van der Waals surface area contributed by atoms with E-state index in [4.69, 9.17) is 4.98 Å². The van der Waals surface area contributed by atoms with E-state index in [1.807, 2.05) is 25.1 Å². The first-order valence-electron chi connectivity index (χ1n) is 13.3. The Morgan fingerprint density at radius 3 is 2.69 bits per heavy atom. The van der Waals surface area contributed by atoms with E-state index >= 15 is 0 Å². The Kier molecular flexibility index (Phi) is 7.36. The number of anilines is 4. The number of aryl methyl sites for hydroxylation is 1. The van der Waals surface area contributed by atoms with Crippen LogP contribution in [-0.2, 0) is 4.79 Å². The fourth-order valence-electron chi connectivity index (χ4n) is 5.56. The Hall–Kier alpha value is -3.20. The number of nitrogens with zero attached hydrogens (tertiary/aromatic N) is 4. The molecule has 3 heterocycles. The molecule has 9 nitrogen and oxygen atoms in total. The summed E-state index contributed by atoms with van der Waals surface area (Å²) >= 11 is 0. The molecular weight excluding hydrogens is 454 g/mol. The lowest BCUT2D eigenvalue weighted by Crippen LogP contribution is -2.36. The average molecular weight is 492 g/mol. The van der Waals surface area contributed by atoms with E-state index in [2.05, 4.69) is 25.8 Å². The Morgan fingerprint density at radius 1 is 1.17 bits per heavy atom. The number of fused-ring (bicyclic) bond motifs is 1. The fourth-order valence-corrected chi connectivity index (χ4v) is 5.56. The van der Waals surface area contributed by atoms with Gasteiger partial charge in [0.05, 0.1) is 6.20 Å². The SMILES string of the molecule is Cc1cc(C(=O)NCC2CCNCC2)ccc1Nc1ncc2c(n1)N(C1CCCC1)CCC(=O)N2C. The van der Waals surface area contributed by atoms with Crippen molar-refractivity contribution in [2.24, 2.45) is 5.92 Å². The highest BCUT2D eigenvalue weighted by molar-refractivity contribution is 5.97. The lowest BCUT2D eigenvalue weighted by Gasteiger charge is -2.30. The zero-order valence-corrected chi connectivity index (χ0v) is 21.3. The lowest BCUT2D eigenvalue weighted by atomic mass is 9.98. The van der Waals surface area contributed by atoms with Gasteiger partial charge in [-0.15, -0.1) is 0 Å². The average Bonchev–Trinajstić information content (AvgIpc) is 3.40. The maximum absolute atomic E-state index is 12.7. The van der Waals surface area contributed by atoms with Gasteiger partial charge >= 0.3 is 0 Å². The summed E-state index contributed by atoms with van der Waals surface area (Å²) in [5.41, 5.74) is 3.22. The summed E-state index contributed by atoms with van der Waals surface area (Å²) in [6.45, 7) is 5.42. The molecule has 1 saturated carbocycles. The van der Waals surface area contributed by atoms with Crippen LogP contribution in [0.1, 0.15) is 60.9 Å². The molecular formula is C27H37N7O2. The summed E-state index contributed by atoms with van der Waals surface area (Å²) in [4.78, 5) is 38.7. The lowest BCUT2D eigenvalue weighted by molar-refractivity contribution is -0.118. The largest absolute Gasteiger partial charge is 0.352 e. The van der Waals surface area contributed by atoms with Gasteiger partial charge in [-0.2, -0.15) is 4.98 Å². The molecule has 0 spiro atoms. The van der Waals surface area contributed by atoms with E-state index < -0.39 is 0 Å². The highest BCUT2D eigenvalue weighted by Crippen LogP contribution is 2.36. The molecule has 0 unspecified atom stereocenters. The van der Waals surface area contributed by atoms with E-state index in [0.717, 1.165) is 68.1 Å². The molecule has 192 valence electrons. The van der Waals surface area contributed by atoms with Crippen molar-refractivity contribution in [1.29, 1.82) is 0 Å². The van der Waals surface area contributed by atoms with Crippen LogP contribution in [0, 0.1) is 12.8 Å². The van der Waals surface area contributed by atoms with Crippen molar-refractivity contribution in [3.05, 3.63) is 35.5 Å². The molecule has 0 radical (unpaired) electrons. The number of carbonyl (C=O) groups excluding carboxylic acids is 2. The molecule has 1 aromatic heterocycles. The summed E-state index contributed by atoms with van der Waals surface area (Å²) < 4.78 is 0. The predicted octanol–water partition coefficient (Wildman–Crippen LogP) is 3.37. The summed E-state index contributed by atoms with van der Waals surface area (Å²) in [5.74, 6) is 1.90. The molecule has 3 aliphatic rings. The van der Waals surface area contributed by atoms with Gasteiger partial charge in [0.15, 0.2) is 5.82 Å². The Labute approximate surface area is 213 Å². The number of amides is 2. The van der Waals surface area contributed by atoms with Crippen molar-refractivity contribution >= 4 is 35.0 Å². The van der Waals surface area contributed by atoms with Crippen molar-refractivity contribution in [2.45, 2.75) is 57.9 Å². The quantitative estimate of drug-likeness (QED) is 0.569. The standard InChI is InChI=1S/C27H37N7O2/c1-18-15-20(26(36)29-16-19-9-12-28-13-10-19)7-8-22(18)31-27-30-17-23-25(32-27)34(21-5-3-4-6-21)14-11-24(35)33(23)2/h7-8,15,17,19,21,28H,3-6,9-14,16H2,1-2H3,(H,29,36)(H,30,31,32). The van der Waals surface area contributed by atoms with Crippen LogP contribution < -0.4 is 25.8 Å². The van der Waals surface area contributed by atoms with Gasteiger partial charge < -0.3 is 25.8 Å². The first-order valence-corrected chi connectivity index (χ1v) is 13.3. The van der Waals surface area contributed by atoms with Crippen molar-refractivity contribution in [3.8, 4) is 0 Å². The van der Waals surface area contributed by atoms with Gasteiger partial charge in [0.1, 0.15) is 5.69 Å². The van der Waals surface area contributed by atoms with Crippen LogP contribution in [0.15, 0.2) is 24.4 Å². The number of hydrogen-bond acceptors (Lipinski definition) is 7. The van der Waals surface area contributed by atoms with Gasteiger partial charge in [-0.3, -0.25) is 9.59 Å². The maximum Gasteiger partial charge on any atom is 0.251 e. The van der Waals surface area contributed by atoms with Crippen molar-refractivity contribution < 1.29 is 9.59 Å². The molecule has 1 saturated heterocycles. The van der Waals surface area contributed by atoms with Crippen LogP contribution >= 0.6 is 0 Å². The van der Waals surface area contributed by atoms with Crippen LogP contribution in [0.2, 0.25) is 0 Å². The summed E-state index contributed by atoms with van der Waals surface area (Å²) in [7, 11) is 1.80. The molecule has 36 heavy (non-hydrogen) atoms. The number of hydrogen-bond donors (Lipinski definition) is 3. The second kappa shape index (κ2) is 10.8. The van der Waals surface area contributed by atoms with E-state index in [1.165, 1.54) is 12.8 Å². The number of piperidine rings is 1. The minimum atomic E-state index is -0.0376. The normalized spacial score (nSPS) is 19.2. The van der Waals surface area contributed by atoms with Crippen LogP contribution in [0.4, 0.5) is 23.1 Å². The third-order valence-corrected chi connectivity index (χ3v) is 7.83. The molecule has 2 aliphatic heterocycles. The molecule has 0 bridgehead atoms. The molecule has 1 aromatic carbocycles. The Morgan fingerprint density at radius 2 is 1.94 bits per heavy atom. The topological polar surface area (TPSA) is 102 Å². The first-order chi connectivity index (χ1) is 17.5. The second-order valence-corrected chi connectivity index (χ2v) is 10.3. The molecule has 1 aliphatic carbocycles. The Bertz CT molecular complexity index is 1110. The first kappa shape index (κ1) is 24.5. The Balaban J connectivity index is 1.31. The van der Waals surface area contributed by atoms with Crippen LogP contribution in [0.25, 0.3) is 0 Å². The molecule has 3 N–H and O–H groups in total. The summed E-state index contributed by atoms with van der Waals surface area (Å²) in [5, 5.41) is 9.79. The van der Waals surface area contributed by atoms with Gasteiger partial charge in [-0.25, -0.2) is 4.98 Å². The smallest absolute Gasteiger partial charge is 0.251 e. The zero-order valence-electron chi connectivity index (χ0n) is 21.3. The summed E-state index contributed by atoms with van der Waals surface area (Å²) in [6.07, 6.45) is 9.12. The summed E-state index contributed by atoms with van der Waals surface area (Å²) in [6, 6.07) is 6.07. The number of benzene rings is 1. The number of nitrogens with one attached hydrogen (secondary N) is 3. The number of carbonyl (C=O) groups is 2. The highest BCUT2D eigenvalue weighted by Gasteiger charge is 2.31. The number of rotatable bonds is 6. The van der Waals surface area contributed by atoms with Crippen LogP contribution in [0.5, 0.6) is 0 Å². The van der Waals surface area contributed by atoms with Crippen LogP contribution in [-0.4, -0.2) is 61.1 Å². The van der Waals surface area contributed by atoms with Crippen molar-refractivity contribution in [3.63, 3.8) is 0 Å².